The van der Waals surface area contributed by atoms with Gasteiger partial charge in [0.05, 0.1) is 6.61 Å². The zero-order valence-electron chi connectivity index (χ0n) is 10.4. The van der Waals surface area contributed by atoms with Gasteiger partial charge in [0.1, 0.15) is 6.61 Å². The third-order valence-corrected chi connectivity index (χ3v) is 3.25. The van der Waals surface area contributed by atoms with Gasteiger partial charge >= 0.3 is 0 Å². The van der Waals surface area contributed by atoms with E-state index in [4.69, 9.17) is 15.2 Å². The molecule has 0 aliphatic heterocycles. The van der Waals surface area contributed by atoms with Gasteiger partial charge in [-0.1, -0.05) is 6.07 Å². The van der Waals surface area contributed by atoms with Crippen molar-refractivity contribution in [2.45, 2.75) is 20.1 Å². The fourth-order valence-electron chi connectivity index (χ4n) is 1.60. The second-order valence-electron chi connectivity index (χ2n) is 3.84. The molecule has 1 aromatic carbocycles. The van der Waals surface area contributed by atoms with Crippen molar-refractivity contribution in [1.82, 2.24) is 0 Å². The normalized spacial score (nSPS) is 10.3. The van der Waals surface area contributed by atoms with Gasteiger partial charge in [-0.25, -0.2) is 0 Å². The Morgan fingerprint density at radius 3 is 2.67 bits per heavy atom. The van der Waals surface area contributed by atoms with Crippen LogP contribution in [-0.4, -0.2) is 6.61 Å². The maximum Gasteiger partial charge on any atom is 0.161 e. The molecule has 0 saturated carbocycles. The summed E-state index contributed by atoms with van der Waals surface area (Å²) >= 11 is 1.67. The SMILES string of the molecule is CCOc1cc(CN)ccc1OCc1ccsc1. The maximum atomic E-state index is 5.77. The average Bonchev–Trinajstić information content (AvgIpc) is 2.90. The van der Waals surface area contributed by atoms with Crippen LogP contribution in [0, 0.1) is 0 Å². The third-order valence-electron chi connectivity index (χ3n) is 2.52. The van der Waals surface area contributed by atoms with E-state index in [1.807, 2.05) is 30.5 Å². The van der Waals surface area contributed by atoms with Crippen molar-refractivity contribution in [3.05, 3.63) is 46.2 Å². The largest absolute Gasteiger partial charge is 0.490 e. The van der Waals surface area contributed by atoms with Gasteiger partial charge in [0.15, 0.2) is 11.5 Å². The van der Waals surface area contributed by atoms with Crippen molar-refractivity contribution < 1.29 is 9.47 Å². The quantitative estimate of drug-likeness (QED) is 0.870. The molecule has 0 aliphatic rings. The van der Waals surface area contributed by atoms with E-state index < -0.39 is 0 Å². The van der Waals surface area contributed by atoms with E-state index in [2.05, 4.69) is 11.4 Å². The smallest absolute Gasteiger partial charge is 0.161 e. The molecule has 0 spiro atoms. The lowest BCUT2D eigenvalue weighted by molar-refractivity contribution is 0.269. The molecule has 18 heavy (non-hydrogen) atoms. The van der Waals surface area contributed by atoms with Crippen LogP contribution in [-0.2, 0) is 13.2 Å². The molecule has 0 radical (unpaired) electrons. The summed E-state index contributed by atoms with van der Waals surface area (Å²) in [5.41, 5.74) is 7.84. The van der Waals surface area contributed by atoms with Crippen molar-refractivity contribution in [1.29, 1.82) is 0 Å². The summed E-state index contributed by atoms with van der Waals surface area (Å²) in [5, 5.41) is 4.12. The van der Waals surface area contributed by atoms with Gasteiger partial charge in [-0.05, 0) is 47.0 Å². The number of ether oxygens (including phenoxy) is 2. The van der Waals surface area contributed by atoms with Crippen LogP contribution in [0.1, 0.15) is 18.1 Å². The highest BCUT2D eigenvalue weighted by molar-refractivity contribution is 7.07. The van der Waals surface area contributed by atoms with Crippen LogP contribution in [0.25, 0.3) is 0 Å². The molecule has 3 nitrogen and oxygen atoms in total. The molecule has 96 valence electrons. The Bertz CT molecular complexity index is 483. The van der Waals surface area contributed by atoms with E-state index in [0.717, 1.165) is 17.1 Å². The minimum Gasteiger partial charge on any atom is -0.490 e. The van der Waals surface area contributed by atoms with Crippen LogP contribution < -0.4 is 15.2 Å². The minimum atomic E-state index is 0.505. The molecule has 2 N–H and O–H groups in total. The number of hydrogen-bond acceptors (Lipinski definition) is 4. The number of benzene rings is 1. The summed E-state index contributed by atoms with van der Waals surface area (Å²) in [4.78, 5) is 0. The van der Waals surface area contributed by atoms with E-state index in [1.54, 1.807) is 11.3 Å². The van der Waals surface area contributed by atoms with Crippen molar-refractivity contribution in [3.8, 4) is 11.5 Å². The second-order valence-corrected chi connectivity index (χ2v) is 4.62. The zero-order valence-corrected chi connectivity index (χ0v) is 11.2. The summed E-state index contributed by atoms with van der Waals surface area (Å²) in [6.45, 7) is 3.64. The van der Waals surface area contributed by atoms with Crippen LogP contribution in [0.3, 0.4) is 0 Å². The summed E-state index contributed by atoms with van der Waals surface area (Å²) < 4.78 is 11.3. The molecule has 0 fully saturated rings. The molecule has 0 atom stereocenters. The standard InChI is InChI=1S/C14H17NO2S/c1-2-16-14-7-11(8-15)3-4-13(14)17-9-12-5-6-18-10-12/h3-7,10H,2,8-9,15H2,1H3. The highest BCUT2D eigenvalue weighted by atomic mass is 32.1. The van der Waals surface area contributed by atoms with Gasteiger partial charge in [0.2, 0.25) is 0 Å². The predicted octanol–water partition coefficient (Wildman–Crippen LogP) is 3.18. The van der Waals surface area contributed by atoms with Crippen molar-refractivity contribution in [2.75, 3.05) is 6.61 Å². The first-order chi connectivity index (χ1) is 8.83. The lowest BCUT2D eigenvalue weighted by Gasteiger charge is -2.12. The Balaban J connectivity index is 2.10. The van der Waals surface area contributed by atoms with Crippen LogP contribution in [0.15, 0.2) is 35.0 Å². The van der Waals surface area contributed by atoms with Crippen molar-refractivity contribution >= 4 is 11.3 Å². The van der Waals surface area contributed by atoms with Crippen LogP contribution in [0.4, 0.5) is 0 Å². The number of rotatable bonds is 6. The summed E-state index contributed by atoms with van der Waals surface area (Å²) in [6.07, 6.45) is 0. The van der Waals surface area contributed by atoms with Crippen molar-refractivity contribution in [3.63, 3.8) is 0 Å². The first-order valence-corrected chi connectivity index (χ1v) is 6.87. The van der Waals surface area contributed by atoms with E-state index in [0.29, 0.717) is 19.8 Å². The Kier molecular flexibility index (Phi) is 4.61. The number of thiophene rings is 1. The van der Waals surface area contributed by atoms with Gasteiger partial charge < -0.3 is 15.2 Å². The Morgan fingerprint density at radius 1 is 1.11 bits per heavy atom. The number of nitrogens with two attached hydrogens (primary N) is 1. The third kappa shape index (κ3) is 3.24. The molecule has 4 heteroatoms. The molecule has 0 saturated heterocycles. The lowest BCUT2D eigenvalue weighted by atomic mass is 10.2. The van der Waals surface area contributed by atoms with Gasteiger partial charge in [0.25, 0.3) is 0 Å². The molecule has 2 aromatic rings. The first kappa shape index (κ1) is 12.9. The molecule has 0 bridgehead atoms. The average molecular weight is 263 g/mol. The van der Waals surface area contributed by atoms with Crippen LogP contribution in [0.5, 0.6) is 11.5 Å². The second kappa shape index (κ2) is 6.42. The summed E-state index contributed by atoms with van der Waals surface area (Å²) in [5.74, 6) is 1.52. The Labute approximate surface area is 111 Å². The van der Waals surface area contributed by atoms with Crippen LogP contribution in [0.2, 0.25) is 0 Å². The lowest BCUT2D eigenvalue weighted by Crippen LogP contribution is -2.02. The van der Waals surface area contributed by atoms with E-state index in [1.165, 1.54) is 5.56 Å². The monoisotopic (exact) mass is 263 g/mol. The van der Waals surface area contributed by atoms with Gasteiger partial charge in [-0.2, -0.15) is 11.3 Å². The molecular formula is C14H17NO2S. The highest BCUT2D eigenvalue weighted by Crippen LogP contribution is 2.29. The van der Waals surface area contributed by atoms with Gasteiger partial charge in [-0.15, -0.1) is 0 Å². The summed E-state index contributed by atoms with van der Waals surface area (Å²) in [6, 6.07) is 7.87. The minimum absolute atomic E-state index is 0.505. The van der Waals surface area contributed by atoms with E-state index in [9.17, 15) is 0 Å². The molecule has 1 heterocycles. The molecule has 2 rings (SSSR count). The Hall–Kier alpha value is -1.52. The molecule has 0 unspecified atom stereocenters. The van der Waals surface area contributed by atoms with E-state index in [-0.39, 0.29) is 0 Å². The molecular weight excluding hydrogens is 246 g/mol. The fourth-order valence-corrected chi connectivity index (χ4v) is 2.26. The molecule has 0 amide bonds. The number of hydrogen-bond donors (Lipinski definition) is 1. The first-order valence-electron chi connectivity index (χ1n) is 5.93. The molecule has 1 aromatic heterocycles. The van der Waals surface area contributed by atoms with Gasteiger partial charge in [0, 0.05) is 6.54 Å². The highest BCUT2D eigenvalue weighted by Gasteiger charge is 2.06. The fraction of sp³-hybridized carbons (Fsp3) is 0.286. The van der Waals surface area contributed by atoms with Gasteiger partial charge in [-0.3, -0.25) is 0 Å². The zero-order chi connectivity index (χ0) is 12.8. The predicted molar refractivity (Wildman–Crippen MR) is 74.2 cm³/mol. The topological polar surface area (TPSA) is 44.5 Å². The summed E-state index contributed by atoms with van der Waals surface area (Å²) in [7, 11) is 0. The van der Waals surface area contributed by atoms with E-state index >= 15 is 0 Å². The molecule has 0 aliphatic carbocycles. The van der Waals surface area contributed by atoms with Crippen molar-refractivity contribution in [2.24, 2.45) is 5.73 Å². The van der Waals surface area contributed by atoms with Crippen LogP contribution >= 0.6 is 11.3 Å². The maximum absolute atomic E-state index is 5.77. The Morgan fingerprint density at radius 2 is 2.00 bits per heavy atom.